The lowest BCUT2D eigenvalue weighted by Crippen LogP contribution is -2.37. The molecule has 1 aromatic heterocycles. The number of aliphatic carboxylic acids is 1. The molecule has 2 amide bonds. The molecule has 8 nitrogen and oxygen atoms in total. The molecule has 0 aliphatic carbocycles. The van der Waals surface area contributed by atoms with Crippen LogP contribution in [0, 0.1) is 13.8 Å². The number of hydrogen-bond acceptors (Lipinski definition) is 4. The second-order valence-electron chi connectivity index (χ2n) is 4.33. The van der Waals surface area contributed by atoms with E-state index in [1.165, 1.54) is 0 Å². The van der Waals surface area contributed by atoms with Crippen LogP contribution in [0.5, 0.6) is 0 Å². The third-order valence-corrected chi connectivity index (χ3v) is 2.84. The van der Waals surface area contributed by atoms with Crippen molar-refractivity contribution in [2.24, 2.45) is 7.05 Å². The van der Waals surface area contributed by atoms with Crippen molar-refractivity contribution in [1.29, 1.82) is 0 Å². The Morgan fingerprint density at radius 2 is 2.05 bits per heavy atom. The predicted molar refractivity (Wildman–Crippen MR) is 71.4 cm³/mol. The number of nitrogens with zero attached hydrogens (tertiary/aromatic N) is 2. The first-order valence-electron chi connectivity index (χ1n) is 6.22. The molecule has 0 saturated heterocycles. The quantitative estimate of drug-likeness (QED) is 0.608. The van der Waals surface area contributed by atoms with Crippen LogP contribution in [-0.2, 0) is 23.1 Å². The highest BCUT2D eigenvalue weighted by Gasteiger charge is 2.10. The van der Waals surface area contributed by atoms with Gasteiger partial charge in [0.05, 0.1) is 12.3 Å². The largest absolute Gasteiger partial charge is 0.480 e. The Balaban J connectivity index is 2.25. The minimum atomic E-state index is -1.03. The summed E-state index contributed by atoms with van der Waals surface area (Å²) in [7, 11) is 1.85. The smallest absolute Gasteiger partial charge is 0.329 e. The molecule has 0 aromatic carbocycles. The van der Waals surface area contributed by atoms with Gasteiger partial charge in [0.15, 0.2) is 0 Å². The Kier molecular flexibility index (Phi) is 5.98. The van der Waals surface area contributed by atoms with E-state index in [0.29, 0.717) is 6.54 Å². The highest BCUT2D eigenvalue weighted by atomic mass is 16.5. The molecule has 0 aliphatic heterocycles. The molecule has 0 radical (unpaired) electrons. The molecule has 0 unspecified atom stereocenters. The molecule has 0 atom stereocenters. The molecule has 3 N–H and O–H groups in total. The number of hydrogen-bond donors (Lipinski definition) is 3. The number of carboxylic acids is 1. The van der Waals surface area contributed by atoms with Crippen molar-refractivity contribution in [2.45, 2.75) is 20.4 Å². The van der Waals surface area contributed by atoms with Crippen LogP contribution in [0.15, 0.2) is 0 Å². The number of urea groups is 1. The first-order valence-corrected chi connectivity index (χ1v) is 6.22. The van der Waals surface area contributed by atoms with Crippen LogP contribution in [0.25, 0.3) is 0 Å². The monoisotopic (exact) mass is 284 g/mol. The Morgan fingerprint density at radius 3 is 2.60 bits per heavy atom. The van der Waals surface area contributed by atoms with Crippen molar-refractivity contribution in [3.05, 3.63) is 17.0 Å². The van der Waals surface area contributed by atoms with Gasteiger partial charge in [0.2, 0.25) is 0 Å². The van der Waals surface area contributed by atoms with E-state index in [9.17, 15) is 9.59 Å². The summed E-state index contributed by atoms with van der Waals surface area (Å²) >= 11 is 0. The average Bonchev–Trinajstić information content (AvgIpc) is 2.60. The molecule has 1 rings (SSSR count). The standard InChI is InChI=1S/C12H20N4O4/c1-8-10(9(2)16(3)15-8)6-14-12(19)13-4-5-20-7-11(17)18/h4-7H2,1-3H3,(H,17,18)(H2,13,14,19). The molecule has 20 heavy (non-hydrogen) atoms. The van der Waals surface area contributed by atoms with E-state index in [-0.39, 0.29) is 25.8 Å². The lowest BCUT2D eigenvalue weighted by Gasteiger charge is -2.08. The van der Waals surface area contributed by atoms with Crippen molar-refractivity contribution >= 4 is 12.0 Å². The topological polar surface area (TPSA) is 105 Å². The van der Waals surface area contributed by atoms with E-state index >= 15 is 0 Å². The second kappa shape index (κ2) is 7.49. The van der Waals surface area contributed by atoms with Gasteiger partial charge < -0.3 is 20.5 Å². The third-order valence-electron chi connectivity index (χ3n) is 2.84. The van der Waals surface area contributed by atoms with Crippen molar-refractivity contribution in [3.8, 4) is 0 Å². The number of carbonyl (C=O) groups is 2. The predicted octanol–water partition coefficient (Wildman–Crippen LogP) is -0.0627. The molecular formula is C12H20N4O4. The highest BCUT2D eigenvalue weighted by molar-refractivity contribution is 5.73. The van der Waals surface area contributed by atoms with Gasteiger partial charge in [-0.15, -0.1) is 0 Å². The zero-order chi connectivity index (χ0) is 15.1. The lowest BCUT2D eigenvalue weighted by atomic mass is 10.2. The van der Waals surface area contributed by atoms with Gasteiger partial charge in [-0.3, -0.25) is 4.68 Å². The maximum Gasteiger partial charge on any atom is 0.329 e. The molecule has 0 spiro atoms. The van der Waals surface area contributed by atoms with Crippen LogP contribution in [0.3, 0.4) is 0 Å². The Bertz CT molecular complexity index is 484. The average molecular weight is 284 g/mol. The van der Waals surface area contributed by atoms with E-state index in [4.69, 9.17) is 9.84 Å². The number of aryl methyl sites for hydroxylation is 2. The van der Waals surface area contributed by atoms with Gasteiger partial charge in [0.25, 0.3) is 0 Å². The van der Waals surface area contributed by atoms with Gasteiger partial charge in [-0.1, -0.05) is 0 Å². The third kappa shape index (κ3) is 4.88. The minimum Gasteiger partial charge on any atom is -0.480 e. The molecule has 112 valence electrons. The number of carbonyl (C=O) groups excluding carboxylic acids is 1. The Labute approximate surface area is 117 Å². The molecule has 8 heteroatoms. The summed E-state index contributed by atoms with van der Waals surface area (Å²) in [6.45, 7) is 4.27. The van der Waals surface area contributed by atoms with Gasteiger partial charge in [0, 0.05) is 31.4 Å². The van der Waals surface area contributed by atoms with Gasteiger partial charge in [-0.05, 0) is 13.8 Å². The van der Waals surface area contributed by atoms with E-state index in [0.717, 1.165) is 17.0 Å². The Morgan fingerprint density at radius 1 is 1.35 bits per heavy atom. The van der Waals surface area contributed by atoms with Gasteiger partial charge >= 0.3 is 12.0 Å². The van der Waals surface area contributed by atoms with Gasteiger partial charge in [-0.25, -0.2) is 9.59 Å². The first-order chi connectivity index (χ1) is 9.41. The van der Waals surface area contributed by atoms with E-state index in [1.807, 2.05) is 20.9 Å². The minimum absolute atomic E-state index is 0.157. The fourth-order valence-corrected chi connectivity index (χ4v) is 1.70. The van der Waals surface area contributed by atoms with Crippen molar-refractivity contribution < 1.29 is 19.4 Å². The normalized spacial score (nSPS) is 10.3. The number of rotatable bonds is 7. The molecular weight excluding hydrogens is 264 g/mol. The van der Waals surface area contributed by atoms with Crippen LogP contribution in [0.4, 0.5) is 4.79 Å². The molecule has 1 heterocycles. The molecule has 0 bridgehead atoms. The number of carboxylic acid groups (broad SMARTS) is 1. The SMILES string of the molecule is Cc1nn(C)c(C)c1CNC(=O)NCCOCC(=O)O. The van der Waals surface area contributed by atoms with Gasteiger partial charge in [0.1, 0.15) is 6.61 Å². The maximum atomic E-state index is 11.5. The van der Waals surface area contributed by atoms with Crippen LogP contribution in [0.2, 0.25) is 0 Å². The van der Waals surface area contributed by atoms with E-state index < -0.39 is 5.97 Å². The highest BCUT2D eigenvalue weighted by Crippen LogP contribution is 2.10. The Hall–Kier alpha value is -2.09. The number of nitrogens with one attached hydrogen (secondary N) is 2. The van der Waals surface area contributed by atoms with Crippen molar-refractivity contribution in [2.75, 3.05) is 19.8 Å². The van der Waals surface area contributed by atoms with Crippen LogP contribution < -0.4 is 10.6 Å². The summed E-state index contributed by atoms with van der Waals surface area (Å²) in [5, 5.41) is 17.9. The summed E-state index contributed by atoms with van der Waals surface area (Å²) in [6.07, 6.45) is 0. The molecule has 0 aliphatic rings. The number of ether oxygens (including phenoxy) is 1. The van der Waals surface area contributed by atoms with E-state index in [2.05, 4.69) is 15.7 Å². The van der Waals surface area contributed by atoms with Crippen LogP contribution in [-0.4, -0.2) is 46.6 Å². The van der Waals surface area contributed by atoms with E-state index in [1.54, 1.807) is 4.68 Å². The summed E-state index contributed by atoms with van der Waals surface area (Å²) in [4.78, 5) is 21.7. The number of amides is 2. The number of aromatic nitrogens is 2. The first kappa shape index (κ1) is 16.0. The second-order valence-corrected chi connectivity index (χ2v) is 4.33. The fourth-order valence-electron chi connectivity index (χ4n) is 1.70. The molecule has 1 aromatic rings. The van der Waals surface area contributed by atoms with Crippen LogP contribution >= 0.6 is 0 Å². The summed E-state index contributed by atoms with van der Waals surface area (Å²) in [5.41, 5.74) is 2.88. The van der Waals surface area contributed by atoms with Gasteiger partial charge in [-0.2, -0.15) is 5.10 Å². The summed E-state index contributed by atoms with van der Waals surface area (Å²) in [5.74, 6) is -1.03. The van der Waals surface area contributed by atoms with Crippen LogP contribution in [0.1, 0.15) is 17.0 Å². The molecule has 0 fully saturated rings. The zero-order valence-corrected chi connectivity index (χ0v) is 11.9. The van der Waals surface area contributed by atoms with Crippen molar-refractivity contribution in [1.82, 2.24) is 20.4 Å². The molecule has 0 saturated carbocycles. The van der Waals surface area contributed by atoms with Crippen molar-refractivity contribution in [3.63, 3.8) is 0 Å². The lowest BCUT2D eigenvalue weighted by molar-refractivity contribution is -0.142. The zero-order valence-electron chi connectivity index (χ0n) is 11.9. The summed E-state index contributed by atoms with van der Waals surface area (Å²) < 4.78 is 6.56. The summed E-state index contributed by atoms with van der Waals surface area (Å²) in [6, 6.07) is -0.327. The maximum absolute atomic E-state index is 11.5. The fraction of sp³-hybridized carbons (Fsp3) is 0.583.